The van der Waals surface area contributed by atoms with Crippen LogP contribution in [0.2, 0.25) is 0 Å². The number of rotatable bonds is 7. The van der Waals surface area contributed by atoms with E-state index in [0.717, 1.165) is 50.4 Å². The molecule has 0 aromatic heterocycles. The molecular weight excluding hydrogens is 340 g/mol. The second-order valence-corrected chi connectivity index (χ2v) is 7.19. The fraction of sp³-hybridized carbons (Fsp3) is 0.409. The molecule has 0 radical (unpaired) electrons. The van der Waals surface area contributed by atoms with Gasteiger partial charge in [-0.25, -0.2) is 0 Å². The number of likely N-dealkylation sites (tertiary alicyclic amines) is 1. The molecule has 2 aromatic carbocycles. The van der Waals surface area contributed by atoms with Gasteiger partial charge < -0.3 is 9.84 Å². The summed E-state index contributed by atoms with van der Waals surface area (Å²) in [7, 11) is 1.91. The van der Waals surface area contributed by atoms with Crippen molar-refractivity contribution in [3.8, 4) is 11.5 Å². The quantitative estimate of drug-likeness (QED) is 0.804. The molecule has 0 aliphatic carbocycles. The van der Waals surface area contributed by atoms with Gasteiger partial charge in [-0.15, -0.1) is 0 Å². The summed E-state index contributed by atoms with van der Waals surface area (Å²) in [5.41, 5.74) is 1.18. The van der Waals surface area contributed by atoms with Crippen molar-refractivity contribution in [2.75, 3.05) is 26.7 Å². The maximum absolute atomic E-state index is 11.0. The van der Waals surface area contributed by atoms with Crippen LogP contribution in [0.5, 0.6) is 11.5 Å². The van der Waals surface area contributed by atoms with Gasteiger partial charge in [0.05, 0.1) is 6.54 Å². The standard InChI is InChI=1S/C22H28N2O3/c1-23(17-22(25)26)19-9-7-14-24(15-13-19)16-18-8-5-6-12-21(18)27-20-10-3-2-4-11-20/h2-6,8,10-12,19H,7,9,13-17H2,1H3,(H,25,26). The van der Waals surface area contributed by atoms with Crippen LogP contribution in [0.25, 0.3) is 0 Å². The molecule has 1 fully saturated rings. The highest BCUT2D eigenvalue weighted by Crippen LogP contribution is 2.27. The third-order valence-electron chi connectivity index (χ3n) is 5.14. The number of ether oxygens (including phenoxy) is 1. The van der Waals surface area contributed by atoms with Crippen LogP contribution in [0.1, 0.15) is 24.8 Å². The van der Waals surface area contributed by atoms with E-state index in [1.165, 1.54) is 5.56 Å². The number of para-hydroxylation sites is 2. The zero-order valence-corrected chi connectivity index (χ0v) is 15.9. The number of nitrogens with zero attached hydrogens (tertiary/aromatic N) is 2. The van der Waals surface area contributed by atoms with Crippen molar-refractivity contribution in [1.29, 1.82) is 0 Å². The Bertz CT molecular complexity index is 735. The Kier molecular flexibility index (Phi) is 6.85. The van der Waals surface area contributed by atoms with Crippen molar-refractivity contribution in [2.24, 2.45) is 0 Å². The van der Waals surface area contributed by atoms with Gasteiger partial charge in [0.15, 0.2) is 0 Å². The van der Waals surface area contributed by atoms with Gasteiger partial charge in [-0.1, -0.05) is 36.4 Å². The Morgan fingerprint density at radius 3 is 2.63 bits per heavy atom. The summed E-state index contributed by atoms with van der Waals surface area (Å²) in [6.07, 6.45) is 3.12. The summed E-state index contributed by atoms with van der Waals surface area (Å²) >= 11 is 0. The molecule has 5 heteroatoms. The number of carboxylic acids is 1. The van der Waals surface area contributed by atoms with E-state index in [1.807, 2.05) is 54.4 Å². The number of benzene rings is 2. The van der Waals surface area contributed by atoms with Gasteiger partial charge >= 0.3 is 5.97 Å². The third kappa shape index (κ3) is 5.81. The highest BCUT2D eigenvalue weighted by atomic mass is 16.5. The zero-order valence-electron chi connectivity index (χ0n) is 15.9. The SMILES string of the molecule is CN(CC(=O)O)C1CCCN(Cc2ccccc2Oc2ccccc2)CC1. The van der Waals surface area contributed by atoms with Gasteiger partial charge in [-0.05, 0) is 57.6 Å². The topological polar surface area (TPSA) is 53.0 Å². The van der Waals surface area contributed by atoms with E-state index >= 15 is 0 Å². The monoisotopic (exact) mass is 368 g/mol. The van der Waals surface area contributed by atoms with Gasteiger partial charge in [0, 0.05) is 18.2 Å². The minimum atomic E-state index is -0.759. The van der Waals surface area contributed by atoms with Crippen LogP contribution >= 0.6 is 0 Å². The normalized spacial score (nSPS) is 18.2. The number of carbonyl (C=O) groups is 1. The van der Waals surface area contributed by atoms with E-state index < -0.39 is 5.97 Å². The van der Waals surface area contributed by atoms with Gasteiger partial charge in [0.2, 0.25) is 0 Å². The van der Waals surface area contributed by atoms with E-state index in [9.17, 15) is 4.79 Å². The molecule has 1 saturated heterocycles. The molecule has 1 atom stereocenters. The summed E-state index contributed by atoms with van der Waals surface area (Å²) in [6, 6.07) is 18.4. The highest BCUT2D eigenvalue weighted by molar-refractivity contribution is 5.69. The van der Waals surface area contributed by atoms with Crippen LogP contribution in [0.15, 0.2) is 54.6 Å². The first kappa shape index (κ1) is 19.4. The van der Waals surface area contributed by atoms with Crippen LogP contribution in [-0.4, -0.2) is 53.6 Å². The minimum Gasteiger partial charge on any atom is -0.480 e. The Labute approximate surface area is 161 Å². The third-order valence-corrected chi connectivity index (χ3v) is 5.14. The first-order valence-electron chi connectivity index (χ1n) is 9.57. The molecule has 0 spiro atoms. The second kappa shape index (κ2) is 9.53. The lowest BCUT2D eigenvalue weighted by Crippen LogP contribution is -2.36. The second-order valence-electron chi connectivity index (χ2n) is 7.19. The summed E-state index contributed by atoms with van der Waals surface area (Å²) in [5.74, 6) is 0.981. The van der Waals surface area contributed by atoms with E-state index in [2.05, 4.69) is 17.0 Å². The molecular formula is C22H28N2O3. The van der Waals surface area contributed by atoms with Crippen molar-refractivity contribution < 1.29 is 14.6 Å². The Hall–Kier alpha value is -2.37. The highest BCUT2D eigenvalue weighted by Gasteiger charge is 2.22. The van der Waals surface area contributed by atoms with Gasteiger partial charge in [0.25, 0.3) is 0 Å². The van der Waals surface area contributed by atoms with E-state index in [-0.39, 0.29) is 6.54 Å². The number of likely N-dealkylation sites (N-methyl/N-ethyl adjacent to an activating group) is 1. The molecule has 1 N–H and O–H groups in total. The summed E-state index contributed by atoms with van der Waals surface area (Å²) in [4.78, 5) is 15.4. The van der Waals surface area contributed by atoms with Crippen LogP contribution in [0.4, 0.5) is 0 Å². The Morgan fingerprint density at radius 1 is 1.11 bits per heavy atom. The smallest absolute Gasteiger partial charge is 0.317 e. The van der Waals surface area contributed by atoms with Crippen molar-refractivity contribution in [3.05, 3.63) is 60.2 Å². The molecule has 5 nitrogen and oxygen atoms in total. The lowest BCUT2D eigenvalue weighted by Gasteiger charge is -2.26. The Balaban J connectivity index is 1.61. The summed E-state index contributed by atoms with van der Waals surface area (Å²) < 4.78 is 6.09. The maximum Gasteiger partial charge on any atom is 0.317 e. The molecule has 0 amide bonds. The van der Waals surface area contributed by atoms with Crippen molar-refractivity contribution >= 4 is 5.97 Å². The molecule has 2 aromatic rings. The Morgan fingerprint density at radius 2 is 1.85 bits per heavy atom. The number of hydrogen-bond donors (Lipinski definition) is 1. The lowest BCUT2D eigenvalue weighted by molar-refractivity contribution is -0.138. The average Bonchev–Trinajstić information content (AvgIpc) is 2.89. The minimum absolute atomic E-state index is 0.110. The van der Waals surface area contributed by atoms with Crippen molar-refractivity contribution in [3.63, 3.8) is 0 Å². The molecule has 0 bridgehead atoms. The number of carboxylic acid groups (broad SMARTS) is 1. The van der Waals surface area contributed by atoms with Crippen LogP contribution in [-0.2, 0) is 11.3 Å². The zero-order chi connectivity index (χ0) is 19.1. The number of aliphatic carboxylic acids is 1. The molecule has 27 heavy (non-hydrogen) atoms. The van der Waals surface area contributed by atoms with Gasteiger partial charge in [-0.3, -0.25) is 14.6 Å². The largest absolute Gasteiger partial charge is 0.480 e. The fourth-order valence-electron chi connectivity index (χ4n) is 3.67. The molecule has 144 valence electrons. The average molecular weight is 368 g/mol. The molecule has 1 aliphatic rings. The molecule has 3 rings (SSSR count). The predicted octanol–water partition coefficient (Wildman–Crippen LogP) is 3.85. The lowest BCUT2D eigenvalue weighted by atomic mass is 10.1. The van der Waals surface area contributed by atoms with Crippen molar-refractivity contribution in [1.82, 2.24) is 9.80 Å². The fourth-order valence-corrected chi connectivity index (χ4v) is 3.67. The van der Waals surface area contributed by atoms with Crippen LogP contribution < -0.4 is 4.74 Å². The molecule has 1 aliphatic heterocycles. The summed E-state index contributed by atoms with van der Waals surface area (Å²) in [5, 5.41) is 9.02. The maximum atomic E-state index is 11.0. The first-order chi connectivity index (χ1) is 13.1. The predicted molar refractivity (Wildman–Crippen MR) is 106 cm³/mol. The van der Waals surface area contributed by atoms with E-state index in [1.54, 1.807) is 0 Å². The van der Waals surface area contributed by atoms with Crippen molar-refractivity contribution in [2.45, 2.75) is 31.8 Å². The van der Waals surface area contributed by atoms with Crippen LogP contribution in [0.3, 0.4) is 0 Å². The van der Waals surface area contributed by atoms with E-state index in [4.69, 9.17) is 9.84 Å². The van der Waals surface area contributed by atoms with Gasteiger partial charge in [0.1, 0.15) is 11.5 Å². The van der Waals surface area contributed by atoms with E-state index in [0.29, 0.717) is 6.04 Å². The molecule has 0 saturated carbocycles. The molecule has 1 unspecified atom stereocenters. The summed E-state index contributed by atoms with van der Waals surface area (Å²) in [6.45, 7) is 2.95. The van der Waals surface area contributed by atoms with Gasteiger partial charge in [-0.2, -0.15) is 0 Å². The molecule has 1 heterocycles. The number of hydrogen-bond acceptors (Lipinski definition) is 4. The first-order valence-corrected chi connectivity index (χ1v) is 9.57. The van der Waals surface area contributed by atoms with Crippen LogP contribution in [0, 0.1) is 0 Å².